The average Bonchev–Trinajstić information content (AvgIpc) is 3.09. The minimum Gasteiger partial charge on any atom is -0.319 e. The summed E-state index contributed by atoms with van der Waals surface area (Å²) in [4.78, 5) is 12.9. The van der Waals surface area contributed by atoms with Crippen LogP contribution in [0.3, 0.4) is 0 Å². The molecule has 6 heteroatoms. The fourth-order valence-corrected chi connectivity index (χ4v) is 3.29. The second-order valence-electron chi connectivity index (χ2n) is 5.08. The lowest BCUT2D eigenvalue weighted by molar-refractivity contribution is 0.103. The van der Waals surface area contributed by atoms with Gasteiger partial charge >= 0.3 is 0 Å². The summed E-state index contributed by atoms with van der Waals surface area (Å²) in [6, 6.07) is 2.39. The van der Waals surface area contributed by atoms with Crippen LogP contribution in [0.5, 0.6) is 0 Å². The van der Waals surface area contributed by atoms with Crippen LogP contribution in [0.25, 0.3) is 0 Å². The highest BCUT2D eigenvalue weighted by atomic mass is 32.1. The van der Waals surface area contributed by atoms with Gasteiger partial charge in [-0.05, 0) is 49.9 Å². The van der Waals surface area contributed by atoms with Gasteiger partial charge in [-0.1, -0.05) is 0 Å². The smallest absolute Gasteiger partial charge is 0.266 e. The predicted molar refractivity (Wildman–Crippen MR) is 80.4 cm³/mol. The van der Waals surface area contributed by atoms with Crippen molar-refractivity contribution in [1.82, 2.24) is 15.1 Å². The zero-order valence-corrected chi connectivity index (χ0v) is 12.2. The Balaban J connectivity index is 1.68. The van der Waals surface area contributed by atoms with Crippen molar-refractivity contribution in [1.29, 1.82) is 0 Å². The second-order valence-corrected chi connectivity index (χ2v) is 5.99. The second kappa shape index (κ2) is 5.76. The van der Waals surface area contributed by atoms with Gasteiger partial charge < -0.3 is 10.6 Å². The van der Waals surface area contributed by atoms with Gasteiger partial charge in [0.05, 0.1) is 22.8 Å². The quantitative estimate of drug-likeness (QED) is 0.912. The van der Waals surface area contributed by atoms with Gasteiger partial charge in [0.2, 0.25) is 0 Å². The molecular formula is C14H18N4OS. The Kier molecular flexibility index (Phi) is 3.84. The molecule has 106 valence electrons. The van der Waals surface area contributed by atoms with Gasteiger partial charge in [-0.2, -0.15) is 5.10 Å². The third-order valence-corrected chi connectivity index (χ3v) is 4.63. The van der Waals surface area contributed by atoms with E-state index >= 15 is 0 Å². The molecule has 1 amide bonds. The summed E-state index contributed by atoms with van der Waals surface area (Å²) in [5.74, 6) is -0.0534. The van der Waals surface area contributed by atoms with Crippen molar-refractivity contribution in [3.63, 3.8) is 0 Å². The molecule has 2 aromatic rings. The number of aryl methyl sites for hydroxylation is 1. The topological polar surface area (TPSA) is 59.0 Å². The Labute approximate surface area is 122 Å². The summed E-state index contributed by atoms with van der Waals surface area (Å²) >= 11 is 1.46. The zero-order chi connectivity index (χ0) is 13.9. The Morgan fingerprint density at radius 1 is 1.50 bits per heavy atom. The molecule has 1 aliphatic heterocycles. The van der Waals surface area contributed by atoms with E-state index in [1.807, 2.05) is 29.2 Å². The van der Waals surface area contributed by atoms with E-state index in [1.165, 1.54) is 11.3 Å². The molecule has 2 aromatic heterocycles. The third kappa shape index (κ3) is 2.76. The van der Waals surface area contributed by atoms with Gasteiger partial charge in [0.1, 0.15) is 0 Å². The highest BCUT2D eigenvalue weighted by Gasteiger charge is 2.17. The number of nitrogens with zero attached hydrogens (tertiary/aromatic N) is 2. The first-order valence-corrected chi connectivity index (χ1v) is 7.72. The number of hydrogen-bond acceptors (Lipinski definition) is 4. The van der Waals surface area contributed by atoms with E-state index in [0.717, 1.165) is 42.1 Å². The fraction of sp³-hybridized carbons (Fsp3) is 0.429. The molecule has 0 radical (unpaired) electrons. The van der Waals surface area contributed by atoms with Gasteiger partial charge in [0.25, 0.3) is 5.91 Å². The first-order chi connectivity index (χ1) is 9.74. The van der Waals surface area contributed by atoms with Crippen LogP contribution in [0, 0.1) is 6.92 Å². The molecule has 20 heavy (non-hydrogen) atoms. The minimum atomic E-state index is -0.0534. The summed E-state index contributed by atoms with van der Waals surface area (Å²) in [5.41, 5.74) is 1.78. The summed E-state index contributed by atoms with van der Waals surface area (Å²) in [6.45, 7) is 4.01. The third-order valence-electron chi connectivity index (χ3n) is 3.61. The molecule has 1 saturated heterocycles. The SMILES string of the molecule is Cc1ccsc1C(=O)Nc1cnn(C2CCNCC2)c1. The van der Waals surface area contributed by atoms with E-state index < -0.39 is 0 Å². The molecule has 0 bridgehead atoms. The summed E-state index contributed by atoms with van der Waals surface area (Å²) < 4.78 is 1.97. The first-order valence-electron chi connectivity index (χ1n) is 6.84. The lowest BCUT2D eigenvalue weighted by Crippen LogP contribution is -2.29. The zero-order valence-electron chi connectivity index (χ0n) is 11.4. The van der Waals surface area contributed by atoms with E-state index in [9.17, 15) is 4.79 Å². The van der Waals surface area contributed by atoms with Crippen LogP contribution in [-0.2, 0) is 0 Å². The Morgan fingerprint density at radius 2 is 2.30 bits per heavy atom. The highest BCUT2D eigenvalue weighted by Crippen LogP contribution is 2.21. The maximum absolute atomic E-state index is 12.1. The summed E-state index contributed by atoms with van der Waals surface area (Å²) in [7, 11) is 0. The maximum Gasteiger partial charge on any atom is 0.266 e. The molecule has 0 unspecified atom stereocenters. The van der Waals surface area contributed by atoms with Crippen LogP contribution in [0.1, 0.15) is 34.1 Å². The van der Waals surface area contributed by atoms with Crippen molar-refractivity contribution < 1.29 is 4.79 Å². The normalized spacial score (nSPS) is 16.2. The molecule has 0 aromatic carbocycles. The molecule has 3 heterocycles. The van der Waals surface area contributed by atoms with Gasteiger partial charge in [-0.15, -0.1) is 11.3 Å². The molecule has 0 atom stereocenters. The summed E-state index contributed by atoms with van der Waals surface area (Å²) in [6.07, 6.45) is 5.82. The lowest BCUT2D eigenvalue weighted by Gasteiger charge is -2.22. The van der Waals surface area contributed by atoms with Crippen LogP contribution >= 0.6 is 11.3 Å². The maximum atomic E-state index is 12.1. The number of rotatable bonds is 3. The van der Waals surface area contributed by atoms with E-state index in [4.69, 9.17) is 0 Å². The molecule has 2 N–H and O–H groups in total. The van der Waals surface area contributed by atoms with Crippen LogP contribution in [0.2, 0.25) is 0 Å². The van der Waals surface area contributed by atoms with E-state index in [1.54, 1.807) is 6.20 Å². The standard InChI is InChI=1S/C14H18N4OS/c1-10-4-7-20-13(10)14(19)17-11-8-16-18(9-11)12-2-5-15-6-3-12/h4,7-9,12,15H,2-3,5-6H2,1H3,(H,17,19). The monoisotopic (exact) mass is 290 g/mol. The number of anilines is 1. The number of thiophene rings is 1. The molecule has 0 saturated carbocycles. The van der Waals surface area contributed by atoms with E-state index in [-0.39, 0.29) is 5.91 Å². The van der Waals surface area contributed by atoms with Crippen molar-refractivity contribution in [2.75, 3.05) is 18.4 Å². The Bertz CT molecular complexity index is 598. The molecule has 5 nitrogen and oxygen atoms in total. The molecule has 1 aliphatic rings. The molecule has 1 fully saturated rings. The molecule has 0 aliphatic carbocycles. The van der Waals surface area contributed by atoms with Crippen molar-refractivity contribution >= 4 is 22.9 Å². The lowest BCUT2D eigenvalue weighted by atomic mass is 10.1. The van der Waals surface area contributed by atoms with Gasteiger partial charge in [-0.3, -0.25) is 9.48 Å². The minimum absolute atomic E-state index is 0.0534. The number of carbonyl (C=O) groups is 1. The first kappa shape index (κ1) is 13.3. The van der Waals surface area contributed by atoms with Crippen LogP contribution in [-0.4, -0.2) is 28.8 Å². The van der Waals surface area contributed by atoms with Gasteiger partial charge in [-0.25, -0.2) is 0 Å². The Morgan fingerprint density at radius 3 is 3.00 bits per heavy atom. The van der Waals surface area contributed by atoms with Crippen LogP contribution in [0.15, 0.2) is 23.8 Å². The van der Waals surface area contributed by atoms with Crippen molar-refractivity contribution in [3.8, 4) is 0 Å². The number of carbonyl (C=O) groups excluding carboxylic acids is 1. The Hall–Kier alpha value is -1.66. The predicted octanol–water partition coefficient (Wildman–Crippen LogP) is 2.43. The van der Waals surface area contributed by atoms with Crippen molar-refractivity contribution in [2.24, 2.45) is 0 Å². The molecule has 3 rings (SSSR count). The number of hydrogen-bond donors (Lipinski definition) is 2. The summed E-state index contributed by atoms with van der Waals surface area (Å²) in [5, 5.41) is 12.6. The number of piperidine rings is 1. The van der Waals surface area contributed by atoms with Crippen molar-refractivity contribution in [3.05, 3.63) is 34.3 Å². The van der Waals surface area contributed by atoms with E-state index in [0.29, 0.717) is 6.04 Å². The number of nitrogens with one attached hydrogen (secondary N) is 2. The fourth-order valence-electron chi connectivity index (χ4n) is 2.47. The van der Waals surface area contributed by atoms with Gasteiger partial charge in [0.15, 0.2) is 0 Å². The molecular weight excluding hydrogens is 272 g/mol. The highest BCUT2D eigenvalue weighted by molar-refractivity contribution is 7.12. The van der Waals surface area contributed by atoms with E-state index in [2.05, 4.69) is 15.7 Å². The number of amides is 1. The van der Waals surface area contributed by atoms with Crippen LogP contribution < -0.4 is 10.6 Å². The van der Waals surface area contributed by atoms with Crippen LogP contribution in [0.4, 0.5) is 5.69 Å². The van der Waals surface area contributed by atoms with Gasteiger partial charge in [0, 0.05) is 6.20 Å². The molecule has 0 spiro atoms. The largest absolute Gasteiger partial charge is 0.319 e. The number of aromatic nitrogens is 2. The average molecular weight is 290 g/mol. The van der Waals surface area contributed by atoms with Crippen molar-refractivity contribution in [2.45, 2.75) is 25.8 Å².